The number of nitrogens with one attached hydrogen (secondary N) is 1. The van der Waals surface area contributed by atoms with Gasteiger partial charge in [-0.1, -0.05) is 71.8 Å². The highest BCUT2D eigenvalue weighted by molar-refractivity contribution is 7.12. The lowest BCUT2D eigenvalue weighted by Crippen LogP contribution is -2.51. The molecule has 1 aromatic heterocycles. The molecule has 0 aliphatic carbocycles. The molecule has 6 heteroatoms. The summed E-state index contributed by atoms with van der Waals surface area (Å²) in [5.74, 6) is -1.53. The number of benzene rings is 3. The third-order valence-electron chi connectivity index (χ3n) is 8.78. The first-order valence-corrected chi connectivity index (χ1v) is 14.4. The zero-order valence-corrected chi connectivity index (χ0v) is 23.3. The summed E-state index contributed by atoms with van der Waals surface area (Å²) in [6, 6.07) is 23.5. The smallest absolute Gasteiger partial charge is 0.238 e. The van der Waals surface area contributed by atoms with Crippen molar-refractivity contribution in [3.05, 3.63) is 123 Å². The quantitative estimate of drug-likeness (QED) is 0.294. The van der Waals surface area contributed by atoms with Crippen LogP contribution in [0.1, 0.15) is 49.2 Å². The Bertz CT molecular complexity index is 1740. The van der Waals surface area contributed by atoms with Crippen LogP contribution in [0, 0.1) is 19.8 Å². The van der Waals surface area contributed by atoms with Gasteiger partial charge in [0.05, 0.1) is 16.8 Å². The number of carbonyl (C=O) groups is 3. The molecule has 7 rings (SSSR count). The molecule has 3 aromatic carbocycles. The molecule has 5 nitrogen and oxygen atoms in total. The van der Waals surface area contributed by atoms with Crippen molar-refractivity contribution in [1.82, 2.24) is 0 Å². The number of rotatable bonds is 4. The van der Waals surface area contributed by atoms with E-state index in [9.17, 15) is 14.4 Å². The molecule has 4 heterocycles. The second-order valence-electron chi connectivity index (χ2n) is 11.1. The molecule has 1 N–H and O–H groups in total. The van der Waals surface area contributed by atoms with Crippen LogP contribution in [0.3, 0.4) is 0 Å². The van der Waals surface area contributed by atoms with Gasteiger partial charge in [-0.3, -0.25) is 14.4 Å². The van der Waals surface area contributed by atoms with E-state index in [-0.39, 0.29) is 17.5 Å². The maximum Gasteiger partial charge on any atom is 0.238 e. The topological polar surface area (TPSA) is 66.5 Å². The van der Waals surface area contributed by atoms with Crippen molar-refractivity contribution in [2.24, 2.45) is 5.92 Å². The first-order valence-electron chi connectivity index (χ1n) is 13.5. The molecule has 4 atom stereocenters. The fraction of sp³-hybridized carbons (Fsp3) is 0.206. The summed E-state index contributed by atoms with van der Waals surface area (Å²) in [5, 5.41) is 4.97. The van der Waals surface area contributed by atoms with Gasteiger partial charge in [0.25, 0.3) is 0 Å². The van der Waals surface area contributed by atoms with Gasteiger partial charge in [0.1, 0.15) is 11.5 Å². The Kier molecular flexibility index (Phi) is 5.48. The number of fused-ring (bicyclic) bond motifs is 6. The van der Waals surface area contributed by atoms with Crippen LogP contribution >= 0.6 is 11.3 Å². The summed E-state index contributed by atoms with van der Waals surface area (Å²) in [6.07, 6.45) is 2.10. The maximum atomic E-state index is 14.8. The van der Waals surface area contributed by atoms with E-state index in [1.807, 2.05) is 98.9 Å². The van der Waals surface area contributed by atoms with Gasteiger partial charge in [-0.25, -0.2) is 0 Å². The molecule has 1 amide bonds. The average molecular weight is 545 g/mol. The van der Waals surface area contributed by atoms with Crippen molar-refractivity contribution in [3.63, 3.8) is 0 Å². The zero-order valence-electron chi connectivity index (χ0n) is 22.5. The number of amides is 1. The standard InChI is InChI=1S/C34H28N2O3S/c1-19-10-13-22(14-11-19)31(37)29-30(32(38)27-9-6-16-40-27)36-26-15-12-20(2)17-23(26)21(3)18-28(36)34(29)24-7-4-5-8-25(24)35-33(34)39/h4-18,28-30H,1-3H3,(H,35,39)/t28-,29+,30-,34-/m0/s1. The Morgan fingerprint density at radius 1 is 0.875 bits per heavy atom. The van der Waals surface area contributed by atoms with E-state index in [1.54, 1.807) is 0 Å². The molecular weight excluding hydrogens is 516 g/mol. The Hall–Kier alpha value is -4.29. The van der Waals surface area contributed by atoms with E-state index in [0.717, 1.165) is 33.5 Å². The number of anilines is 2. The molecule has 4 aromatic rings. The van der Waals surface area contributed by atoms with E-state index < -0.39 is 23.4 Å². The first kappa shape index (κ1) is 24.7. The van der Waals surface area contributed by atoms with E-state index in [0.29, 0.717) is 16.1 Å². The zero-order chi connectivity index (χ0) is 27.8. The van der Waals surface area contributed by atoms with Gasteiger partial charge in [0.15, 0.2) is 11.6 Å². The first-order chi connectivity index (χ1) is 19.3. The maximum absolute atomic E-state index is 14.8. The van der Waals surface area contributed by atoms with Crippen LogP contribution in [0.4, 0.5) is 11.4 Å². The van der Waals surface area contributed by atoms with Gasteiger partial charge < -0.3 is 10.2 Å². The highest BCUT2D eigenvalue weighted by atomic mass is 32.1. The van der Waals surface area contributed by atoms with Crippen LogP contribution in [0.2, 0.25) is 0 Å². The monoisotopic (exact) mass is 544 g/mol. The Morgan fingerprint density at radius 3 is 2.38 bits per heavy atom. The van der Waals surface area contributed by atoms with Gasteiger partial charge in [-0.15, -0.1) is 11.3 Å². The Morgan fingerprint density at radius 2 is 1.62 bits per heavy atom. The van der Waals surface area contributed by atoms with E-state index >= 15 is 0 Å². The molecule has 1 fully saturated rings. The molecule has 1 saturated heterocycles. The number of nitrogens with zero attached hydrogens (tertiary/aromatic N) is 1. The summed E-state index contributed by atoms with van der Waals surface area (Å²) in [4.78, 5) is 46.4. The molecule has 0 bridgehead atoms. The van der Waals surface area contributed by atoms with Gasteiger partial charge in [0.2, 0.25) is 5.91 Å². The average Bonchev–Trinajstić information content (AvgIpc) is 3.66. The number of thiophene rings is 1. The second-order valence-corrected chi connectivity index (χ2v) is 12.0. The molecule has 0 radical (unpaired) electrons. The largest absolute Gasteiger partial charge is 0.352 e. The molecule has 0 saturated carbocycles. The number of ketones is 2. The van der Waals surface area contributed by atoms with E-state index in [2.05, 4.69) is 22.4 Å². The van der Waals surface area contributed by atoms with Crippen LogP contribution < -0.4 is 10.2 Å². The van der Waals surface area contributed by atoms with Crippen molar-refractivity contribution in [3.8, 4) is 0 Å². The molecule has 3 aliphatic rings. The highest BCUT2D eigenvalue weighted by Gasteiger charge is 2.70. The number of carbonyl (C=O) groups excluding carboxylic acids is 3. The van der Waals surface area contributed by atoms with Crippen molar-refractivity contribution in [1.29, 1.82) is 0 Å². The molecule has 40 heavy (non-hydrogen) atoms. The van der Waals surface area contributed by atoms with Crippen molar-refractivity contribution in [2.75, 3.05) is 10.2 Å². The summed E-state index contributed by atoms with van der Waals surface area (Å²) in [7, 11) is 0. The summed E-state index contributed by atoms with van der Waals surface area (Å²) in [5.41, 5.74) is 5.74. The van der Waals surface area contributed by atoms with E-state index in [1.165, 1.54) is 11.3 Å². The fourth-order valence-corrected chi connectivity index (χ4v) is 7.71. The van der Waals surface area contributed by atoms with Crippen molar-refractivity contribution < 1.29 is 14.4 Å². The number of hydrogen-bond acceptors (Lipinski definition) is 5. The van der Waals surface area contributed by atoms with Crippen LogP contribution in [0.15, 0.2) is 90.3 Å². The van der Waals surface area contributed by atoms with Gasteiger partial charge in [-0.05, 0) is 61.6 Å². The van der Waals surface area contributed by atoms with Crippen molar-refractivity contribution in [2.45, 2.75) is 38.3 Å². The normalized spacial score (nSPS) is 24.3. The Labute approximate surface area is 237 Å². The number of para-hydroxylation sites is 1. The fourth-order valence-electron chi connectivity index (χ4n) is 7.01. The lowest BCUT2D eigenvalue weighted by molar-refractivity contribution is -0.121. The summed E-state index contributed by atoms with van der Waals surface area (Å²) >= 11 is 1.37. The van der Waals surface area contributed by atoms with Gasteiger partial charge >= 0.3 is 0 Å². The third kappa shape index (κ3) is 3.29. The number of aryl methyl sites for hydroxylation is 2. The number of Topliss-reactive ketones (excluding diaryl/α,β-unsaturated/α-hetero) is 2. The minimum absolute atomic E-state index is 0.140. The SMILES string of the molecule is CC1=C[C@@H]2N(c3ccc(C)cc31)[C@H](C(=O)c1cccs1)[C@H](C(=O)c1ccc(C)cc1)[C@@]21C(=O)Nc2ccccc21. The predicted molar refractivity (Wildman–Crippen MR) is 159 cm³/mol. The Balaban J connectivity index is 1.56. The summed E-state index contributed by atoms with van der Waals surface area (Å²) in [6.45, 7) is 6.07. The highest BCUT2D eigenvalue weighted by Crippen LogP contribution is 2.59. The molecule has 0 unspecified atom stereocenters. The van der Waals surface area contributed by atoms with Crippen LogP contribution in [0.25, 0.3) is 5.57 Å². The van der Waals surface area contributed by atoms with E-state index in [4.69, 9.17) is 0 Å². The second kappa shape index (κ2) is 8.86. The van der Waals surface area contributed by atoms with Crippen LogP contribution in [-0.2, 0) is 10.2 Å². The number of hydrogen-bond donors (Lipinski definition) is 1. The third-order valence-corrected chi connectivity index (χ3v) is 9.67. The molecule has 198 valence electrons. The van der Waals surface area contributed by atoms with Gasteiger partial charge in [0, 0.05) is 22.5 Å². The molecule has 1 spiro atoms. The van der Waals surface area contributed by atoms with Crippen molar-refractivity contribution >= 4 is 45.8 Å². The lowest BCUT2D eigenvalue weighted by atomic mass is 9.64. The minimum atomic E-state index is -1.29. The van der Waals surface area contributed by atoms with Crippen LogP contribution in [0.5, 0.6) is 0 Å². The summed E-state index contributed by atoms with van der Waals surface area (Å²) < 4.78 is 0. The van der Waals surface area contributed by atoms with Crippen LogP contribution in [-0.4, -0.2) is 29.6 Å². The minimum Gasteiger partial charge on any atom is -0.352 e. The molecule has 3 aliphatic heterocycles. The predicted octanol–water partition coefficient (Wildman–Crippen LogP) is 6.61. The number of allylic oxidation sites excluding steroid dienone is 1. The van der Waals surface area contributed by atoms with Gasteiger partial charge in [-0.2, -0.15) is 0 Å². The lowest BCUT2D eigenvalue weighted by Gasteiger charge is -2.39. The molecular formula is C34H28N2O3S.